The molecule has 110 valence electrons. The van der Waals surface area contributed by atoms with E-state index >= 15 is 0 Å². The third-order valence-corrected chi connectivity index (χ3v) is 3.55. The molecular formula is C15H16N2O4. The van der Waals surface area contributed by atoms with Crippen molar-refractivity contribution in [2.24, 2.45) is 11.8 Å². The van der Waals surface area contributed by atoms with Crippen LogP contribution in [0.5, 0.6) is 5.75 Å². The second kappa shape index (κ2) is 5.55. The van der Waals surface area contributed by atoms with E-state index in [0.717, 1.165) is 12.0 Å². The van der Waals surface area contributed by atoms with Gasteiger partial charge in [0, 0.05) is 5.56 Å². The Kier molecular flexibility index (Phi) is 3.60. The maximum Gasteiger partial charge on any atom is 0.309 e. The van der Waals surface area contributed by atoms with Crippen LogP contribution in [-0.2, 0) is 16.1 Å². The Balaban J connectivity index is 1.64. The first-order valence-electron chi connectivity index (χ1n) is 6.81. The Bertz CT molecular complexity index is 653. The first-order valence-corrected chi connectivity index (χ1v) is 6.81. The highest BCUT2D eigenvalue weighted by Gasteiger charge is 2.40. The Morgan fingerprint density at radius 3 is 3.00 bits per heavy atom. The molecular weight excluding hydrogens is 272 g/mol. The van der Waals surface area contributed by atoms with Gasteiger partial charge in [0.15, 0.2) is 6.61 Å². The number of aromatic nitrogens is 2. The summed E-state index contributed by atoms with van der Waals surface area (Å²) in [6.45, 7) is 2.04. The number of methoxy groups -OCH3 is 1. The summed E-state index contributed by atoms with van der Waals surface area (Å²) in [5.41, 5.74) is 0.784. The predicted molar refractivity (Wildman–Crippen MR) is 73.4 cm³/mol. The number of carbonyl (C=O) groups is 1. The Morgan fingerprint density at radius 2 is 2.29 bits per heavy atom. The van der Waals surface area contributed by atoms with Gasteiger partial charge in [-0.25, -0.2) is 0 Å². The summed E-state index contributed by atoms with van der Waals surface area (Å²) < 4.78 is 15.4. The van der Waals surface area contributed by atoms with Crippen LogP contribution in [0.4, 0.5) is 0 Å². The highest BCUT2D eigenvalue weighted by atomic mass is 16.6. The van der Waals surface area contributed by atoms with E-state index in [1.54, 1.807) is 7.11 Å². The van der Waals surface area contributed by atoms with Crippen LogP contribution in [0.1, 0.15) is 19.2 Å². The van der Waals surface area contributed by atoms with Gasteiger partial charge in [-0.3, -0.25) is 4.79 Å². The molecule has 1 aromatic heterocycles. The average Bonchev–Trinajstić information content (AvgIpc) is 3.06. The molecule has 0 saturated heterocycles. The lowest BCUT2D eigenvalue weighted by atomic mass is 10.2. The van der Waals surface area contributed by atoms with Gasteiger partial charge in [-0.2, -0.15) is 4.98 Å². The van der Waals surface area contributed by atoms with Gasteiger partial charge in [0.25, 0.3) is 5.89 Å². The molecule has 2 aromatic rings. The highest BCUT2D eigenvalue weighted by molar-refractivity contribution is 5.75. The number of rotatable bonds is 5. The lowest BCUT2D eigenvalue weighted by molar-refractivity contribution is -0.147. The van der Waals surface area contributed by atoms with Crippen molar-refractivity contribution < 1.29 is 18.8 Å². The third kappa shape index (κ3) is 3.04. The minimum atomic E-state index is -0.191. The third-order valence-electron chi connectivity index (χ3n) is 3.55. The van der Waals surface area contributed by atoms with E-state index in [9.17, 15) is 4.79 Å². The molecule has 1 aliphatic rings. The average molecular weight is 288 g/mol. The minimum absolute atomic E-state index is 0.0129. The van der Waals surface area contributed by atoms with Gasteiger partial charge in [-0.05, 0) is 24.5 Å². The van der Waals surface area contributed by atoms with E-state index in [-0.39, 0.29) is 24.4 Å². The highest BCUT2D eigenvalue weighted by Crippen LogP contribution is 2.38. The zero-order valence-corrected chi connectivity index (χ0v) is 11.9. The van der Waals surface area contributed by atoms with Gasteiger partial charge in [0.05, 0.1) is 13.0 Å². The lowest BCUT2D eigenvalue weighted by Gasteiger charge is -2.00. The van der Waals surface area contributed by atoms with Gasteiger partial charge < -0.3 is 14.0 Å². The topological polar surface area (TPSA) is 74.5 Å². The van der Waals surface area contributed by atoms with E-state index < -0.39 is 0 Å². The molecule has 1 aromatic carbocycles. The molecule has 2 atom stereocenters. The van der Waals surface area contributed by atoms with Crippen LogP contribution >= 0.6 is 0 Å². The Morgan fingerprint density at radius 1 is 1.48 bits per heavy atom. The Hall–Kier alpha value is -2.37. The van der Waals surface area contributed by atoms with Crippen LogP contribution in [0.2, 0.25) is 0 Å². The van der Waals surface area contributed by atoms with Gasteiger partial charge in [-0.15, -0.1) is 0 Å². The maximum atomic E-state index is 11.6. The molecule has 0 aliphatic heterocycles. The smallest absolute Gasteiger partial charge is 0.309 e. The second-order valence-electron chi connectivity index (χ2n) is 5.17. The van der Waals surface area contributed by atoms with Crippen molar-refractivity contribution in [1.82, 2.24) is 10.1 Å². The van der Waals surface area contributed by atoms with Crippen LogP contribution in [0.25, 0.3) is 11.4 Å². The van der Waals surface area contributed by atoms with E-state index in [1.807, 2.05) is 31.2 Å². The van der Waals surface area contributed by atoms with Crippen molar-refractivity contribution in [3.05, 3.63) is 30.2 Å². The molecule has 0 amide bonds. The van der Waals surface area contributed by atoms with E-state index in [0.29, 0.717) is 17.5 Å². The molecule has 1 aliphatic carbocycles. The van der Waals surface area contributed by atoms with Crippen molar-refractivity contribution >= 4 is 5.97 Å². The fourth-order valence-corrected chi connectivity index (χ4v) is 2.08. The summed E-state index contributed by atoms with van der Waals surface area (Å²) in [7, 11) is 1.60. The molecule has 21 heavy (non-hydrogen) atoms. The molecule has 2 unspecified atom stereocenters. The number of esters is 1. The van der Waals surface area contributed by atoms with Crippen LogP contribution in [0.3, 0.4) is 0 Å². The van der Waals surface area contributed by atoms with Crippen molar-refractivity contribution in [3.63, 3.8) is 0 Å². The lowest BCUT2D eigenvalue weighted by Crippen LogP contribution is -2.07. The zero-order chi connectivity index (χ0) is 14.8. The molecule has 6 nitrogen and oxygen atoms in total. The summed E-state index contributed by atoms with van der Waals surface area (Å²) in [5.74, 6) is 1.71. The van der Waals surface area contributed by atoms with E-state index in [1.165, 1.54) is 0 Å². The number of benzene rings is 1. The molecule has 0 N–H and O–H groups in total. The summed E-state index contributed by atoms with van der Waals surface area (Å²) in [5, 5.41) is 3.88. The van der Waals surface area contributed by atoms with Gasteiger partial charge in [0.2, 0.25) is 5.82 Å². The number of nitrogens with zero attached hydrogens (tertiary/aromatic N) is 2. The van der Waals surface area contributed by atoms with Crippen molar-refractivity contribution in [2.75, 3.05) is 7.11 Å². The molecule has 0 bridgehead atoms. The first-order chi connectivity index (χ1) is 10.2. The number of carbonyl (C=O) groups excluding carboxylic acids is 1. The van der Waals surface area contributed by atoms with Gasteiger partial charge in [-0.1, -0.05) is 24.2 Å². The van der Waals surface area contributed by atoms with Crippen molar-refractivity contribution in [3.8, 4) is 17.1 Å². The second-order valence-corrected chi connectivity index (χ2v) is 5.17. The van der Waals surface area contributed by atoms with Crippen molar-refractivity contribution in [1.29, 1.82) is 0 Å². The van der Waals surface area contributed by atoms with Gasteiger partial charge in [0.1, 0.15) is 5.75 Å². The van der Waals surface area contributed by atoms with Crippen molar-refractivity contribution in [2.45, 2.75) is 20.0 Å². The molecule has 3 rings (SSSR count). The fourth-order valence-electron chi connectivity index (χ4n) is 2.08. The monoisotopic (exact) mass is 288 g/mol. The van der Waals surface area contributed by atoms with Crippen LogP contribution in [-0.4, -0.2) is 23.2 Å². The number of hydrogen-bond donors (Lipinski definition) is 0. The SMILES string of the molecule is COc1cccc(-c2noc(COC(=O)C3CC3C)n2)c1. The molecule has 0 radical (unpaired) electrons. The van der Waals surface area contributed by atoms with E-state index in [2.05, 4.69) is 10.1 Å². The number of hydrogen-bond acceptors (Lipinski definition) is 6. The largest absolute Gasteiger partial charge is 0.497 e. The summed E-state index contributed by atoms with van der Waals surface area (Å²) in [6, 6.07) is 7.35. The fraction of sp³-hybridized carbons (Fsp3) is 0.400. The minimum Gasteiger partial charge on any atom is -0.497 e. The summed E-state index contributed by atoms with van der Waals surface area (Å²) in [6.07, 6.45) is 0.901. The maximum absolute atomic E-state index is 11.6. The first kappa shape index (κ1) is 13.6. The molecule has 0 spiro atoms. The zero-order valence-electron chi connectivity index (χ0n) is 11.9. The number of ether oxygens (including phenoxy) is 2. The molecule has 1 saturated carbocycles. The predicted octanol–water partition coefficient (Wildman–Crippen LogP) is 2.44. The molecule has 1 heterocycles. The Labute approximate surface area is 122 Å². The molecule has 1 fully saturated rings. The van der Waals surface area contributed by atoms with Crippen LogP contribution in [0, 0.1) is 11.8 Å². The van der Waals surface area contributed by atoms with Crippen LogP contribution in [0.15, 0.2) is 28.8 Å². The normalized spacial score (nSPS) is 20.1. The van der Waals surface area contributed by atoms with E-state index in [4.69, 9.17) is 14.0 Å². The van der Waals surface area contributed by atoms with Crippen LogP contribution < -0.4 is 4.74 Å². The molecule has 6 heteroatoms. The van der Waals surface area contributed by atoms with Gasteiger partial charge >= 0.3 is 5.97 Å². The summed E-state index contributed by atoms with van der Waals surface area (Å²) in [4.78, 5) is 15.8. The quantitative estimate of drug-likeness (QED) is 0.787. The summed E-state index contributed by atoms with van der Waals surface area (Å²) >= 11 is 0. The standard InChI is InChI=1S/C15H16N2O4/c1-9-6-12(9)15(18)20-8-13-16-14(17-21-13)10-4-3-5-11(7-10)19-2/h3-5,7,9,12H,6,8H2,1-2H3.